The molecule has 1 aliphatic rings. The van der Waals surface area contributed by atoms with Gasteiger partial charge in [0.25, 0.3) is 0 Å². The van der Waals surface area contributed by atoms with Crippen LogP contribution >= 0.6 is 0 Å². The lowest BCUT2D eigenvalue weighted by molar-refractivity contribution is 0.416. The molecule has 1 heteroatoms. The molecule has 92 valence electrons. The number of hydrogen-bond donors (Lipinski definition) is 0. The Labute approximate surface area is 108 Å². The van der Waals surface area contributed by atoms with Crippen molar-refractivity contribution in [2.24, 2.45) is 0 Å². The summed E-state index contributed by atoms with van der Waals surface area (Å²) in [7, 11) is 1.76. The second-order valence-corrected chi connectivity index (χ2v) is 5.20. The molecular formula is C17H18O. The molecule has 18 heavy (non-hydrogen) atoms. The number of benzene rings is 2. The minimum Gasteiger partial charge on any atom is -0.496 e. The predicted octanol–water partition coefficient (Wildman–Crippen LogP) is 4.39. The van der Waals surface area contributed by atoms with Crippen LogP contribution in [-0.2, 0) is 6.42 Å². The first-order chi connectivity index (χ1) is 8.72. The maximum atomic E-state index is 5.55. The summed E-state index contributed by atoms with van der Waals surface area (Å²) in [5.74, 6) is 1.55. The maximum Gasteiger partial charge on any atom is 0.127 e. The van der Waals surface area contributed by atoms with Gasteiger partial charge < -0.3 is 4.74 Å². The van der Waals surface area contributed by atoms with Gasteiger partial charge in [0, 0.05) is 5.56 Å². The summed E-state index contributed by atoms with van der Waals surface area (Å²) >= 11 is 0. The van der Waals surface area contributed by atoms with E-state index in [4.69, 9.17) is 4.74 Å². The third-order valence-corrected chi connectivity index (χ3v) is 3.81. The van der Waals surface area contributed by atoms with Gasteiger partial charge >= 0.3 is 0 Å². The summed E-state index contributed by atoms with van der Waals surface area (Å²) in [5.41, 5.74) is 6.96. The van der Waals surface area contributed by atoms with Crippen molar-refractivity contribution in [1.29, 1.82) is 0 Å². The van der Waals surface area contributed by atoms with Crippen molar-refractivity contribution in [3.05, 3.63) is 53.1 Å². The van der Waals surface area contributed by atoms with Crippen LogP contribution in [0.2, 0.25) is 0 Å². The van der Waals surface area contributed by atoms with Crippen LogP contribution in [0.25, 0.3) is 11.1 Å². The van der Waals surface area contributed by atoms with Crippen LogP contribution in [0.15, 0.2) is 36.4 Å². The summed E-state index contributed by atoms with van der Waals surface area (Å²) in [6, 6.07) is 13.0. The molecule has 2 aromatic rings. The normalized spacial score (nSPS) is 12.4. The molecule has 0 N–H and O–H groups in total. The van der Waals surface area contributed by atoms with E-state index >= 15 is 0 Å². The van der Waals surface area contributed by atoms with Crippen LogP contribution in [-0.4, -0.2) is 7.11 Å². The SMILES string of the molecule is COc1ccc(C(C)C)c2c1-c1ccccc1C2. The monoisotopic (exact) mass is 238 g/mol. The van der Waals surface area contributed by atoms with Gasteiger partial charge in [0.15, 0.2) is 0 Å². The molecule has 1 nitrogen and oxygen atoms in total. The molecule has 0 saturated heterocycles. The first-order valence-corrected chi connectivity index (χ1v) is 6.50. The van der Waals surface area contributed by atoms with Crippen molar-refractivity contribution in [3.63, 3.8) is 0 Å². The van der Waals surface area contributed by atoms with Gasteiger partial charge in [-0.25, -0.2) is 0 Å². The molecular weight excluding hydrogens is 220 g/mol. The average molecular weight is 238 g/mol. The fourth-order valence-electron chi connectivity index (χ4n) is 2.95. The molecule has 0 fully saturated rings. The topological polar surface area (TPSA) is 9.23 Å². The van der Waals surface area contributed by atoms with Gasteiger partial charge in [-0.1, -0.05) is 44.2 Å². The van der Waals surface area contributed by atoms with Crippen molar-refractivity contribution in [2.75, 3.05) is 7.11 Å². The molecule has 0 amide bonds. The van der Waals surface area contributed by atoms with E-state index in [9.17, 15) is 0 Å². The number of ether oxygens (including phenoxy) is 1. The van der Waals surface area contributed by atoms with Crippen molar-refractivity contribution in [1.82, 2.24) is 0 Å². The zero-order chi connectivity index (χ0) is 12.7. The smallest absolute Gasteiger partial charge is 0.127 e. The van der Waals surface area contributed by atoms with E-state index in [1.807, 2.05) is 0 Å². The third-order valence-electron chi connectivity index (χ3n) is 3.81. The maximum absolute atomic E-state index is 5.55. The largest absolute Gasteiger partial charge is 0.496 e. The van der Waals surface area contributed by atoms with Crippen molar-refractivity contribution in [3.8, 4) is 16.9 Å². The van der Waals surface area contributed by atoms with Gasteiger partial charge in [0.1, 0.15) is 5.75 Å². The van der Waals surface area contributed by atoms with Crippen LogP contribution in [0.5, 0.6) is 5.75 Å². The molecule has 0 heterocycles. The molecule has 0 aromatic heterocycles. The Morgan fingerprint density at radius 3 is 2.56 bits per heavy atom. The van der Waals surface area contributed by atoms with E-state index in [2.05, 4.69) is 50.2 Å². The lowest BCUT2D eigenvalue weighted by atomic mass is 9.93. The second kappa shape index (κ2) is 4.16. The molecule has 0 spiro atoms. The Morgan fingerprint density at radius 1 is 1.06 bits per heavy atom. The minimum absolute atomic E-state index is 0.555. The predicted molar refractivity (Wildman–Crippen MR) is 75.3 cm³/mol. The molecule has 0 saturated carbocycles. The first kappa shape index (κ1) is 11.3. The molecule has 3 rings (SSSR count). The lowest BCUT2D eigenvalue weighted by Gasteiger charge is -2.15. The van der Waals surface area contributed by atoms with Crippen LogP contribution < -0.4 is 4.74 Å². The van der Waals surface area contributed by atoms with E-state index < -0.39 is 0 Å². The highest BCUT2D eigenvalue weighted by Crippen LogP contribution is 2.45. The van der Waals surface area contributed by atoms with E-state index in [-0.39, 0.29) is 0 Å². The zero-order valence-electron chi connectivity index (χ0n) is 11.2. The van der Waals surface area contributed by atoms with Crippen LogP contribution in [0.4, 0.5) is 0 Å². The molecule has 0 bridgehead atoms. The Morgan fingerprint density at radius 2 is 1.83 bits per heavy atom. The van der Waals surface area contributed by atoms with Crippen molar-refractivity contribution < 1.29 is 4.74 Å². The highest BCUT2D eigenvalue weighted by atomic mass is 16.5. The number of rotatable bonds is 2. The molecule has 1 aliphatic carbocycles. The van der Waals surface area contributed by atoms with Crippen LogP contribution in [0.3, 0.4) is 0 Å². The summed E-state index contributed by atoms with van der Waals surface area (Å²) in [5, 5.41) is 0. The van der Waals surface area contributed by atoms with E-state index in [0.29, 0.717) is 5.92 Å². The van der Waals surface area contributed by atoms with Gasteiger partial charge in [0.05, 0.1) is 7.11 Å². The summed E-state index contributed by atoms with van der Waals surface area (Å²) in [4.78, 5) is 0. The number of hydrogen-bond acceptors (Lipinski definition) is 1. The standard InChI is InChI=1S/C17H18O/c1-11(2)13-8-9-16(18-3)17-14-7-5-4-6-12(14)10-15(13)17/h4-9,11H,10H2,1-3H3. The second-order valence-electron chi connectivity index (χ2n) is 5.20. The van der Waals surface area contributed by atoms with Gasteiger partial charge in [-0.15, -0.1) is 0 Å². The zero-order valence-corrected chi connectivity index (χ0v) is 11.2. The van der Waals surface area contributed by atoms with E-state index in [1.165, 1.54) is 27.8 Å². The van der Waals surface area contributed by atoms with Gasteiger partial charge in [-0.05, 0) is 40.7 Å². The Bertz CT molecular complexity index is 597. The van der Waals surface area contributed by atoms with Crippen molar-refractivity contribution >= 4 is 0 Å². The molecule has 0 aliphatic heterocycles. The van der Waals surface area contributed by atoms with Crippen LogP contribution in [0, 0.1) is 0 Å². The molecule has 2 aromatic carbocycles. The Hall–Kier alpha value is -1.76. The van der Waals surface area contributed by atoms with Crippen LogP contribution in [0.1, 0.15) is 36.5 Å². The van der Waals surface area contributed by atoms with Gasteiger partial charge in [-0.2, -0.15) is 0 Å². The first-order valence-electron chi connectivity index (χ1n) is 6.50. The Kier molecular flexibility index (Phi) is 2.62. The third kappa shape index (κ3) is 1.54. The highest BCUT2D eigenvalue weighted by molar-refractivity contribution is 5.83. The fourth-order valence-corrected chi connectivity index (χ4v) is 2.95. The molecule has 0 atom stereocenters. The quantitative estimate of drug-likeness (QED) is 0.643. The highest BCUT2D eigenvalue weighted by Gasteiger charge is 2.25. The summed E-state index contributed by atoms with van der Waals surface area (Å²) in [6.07, 6.45) is 1.04. The van der Waals surface area contributed by atoms with Gasteiger partial charge in [0.2, 0.25) is 0 Å². The number of methoxy groups -OCH3 is 1. The van der Waals surface area contributed by atoms with E-state index in [1.54, 1.807) is 7.11 Å². The van der Waals surface area contributed by atoms with Gasteiger partial charge in [-0.3, -0.25) is 0 Å². The fraction of sp³-hybridized carbons (Fsp3) is 0.294. The lowest BCUT2D eigenvalue weighted by Crippen LogP contribution is -1.97. The molecule has 0 radical (unpaired) electrons. The average Bonchev–Trinajstić information content (AvgIpc) is 2.76. The molecule has 0 unspecified atom stereocenters. The number of fused-ring (bicyclic) bond motifs is 3. The Balaban J connectivity index is 2.29. The summed E-state index contributed by atoms with van der Waals surface area (Å²) in [6.45, 7) is 4.51. The minimum atomic E-state index is 0.555. The van der Waals surface area contributed by atoms with E-state index in [0.717, 1.165) is 12.2 Å². The van der Waals surface area contributed by atoms with Crippen molar-refractivity contribution in [2.45, 2.75) is 26.2 Å². The summed E-state index contributed by atoms with van der Waals surface area (Å²) < 4.78 is 5.55.